The summed E-state index contributed by atoms with van der Waals surface area (Å²) in [7, 11) is 0. The van der Waals surface area contributed by atoms with Crippen molar-refractivity contribution in [3.8, 4) is 0 Å². The molecule has 12 nitrogen and oxygen atoms in total. The lowest BCUT2D eigenvalue weighted by atomic mass is 10.00. The van der Waals surface area contributed by atoms with Crippen molar-refractivity contribution in [1.82, 2.24) is 16.0 Å². The third kappa shape index (κ3) is 10.9. The van der Waals surface area contributed by atoms with Crippen LogP contribution in [0.2, 0.25) is 0 Å². The Morgan fingerprint density at radius 2 is 1.51 bits per heavy atom. The first kappa shape index (κ1) is 29.4. The summed E-state index contributed by atoms with van der Waals surface area (Å²) < 4.78 is 0. The zero-order valence-electron chi connectivity index (χ0n) is 20.4. The fourth-order valence-corrected chi connectivity index (χ4v) is 3.17. The van der Waals surface area contributed by atoms with Gasteiger partial charge in [-0.3, -0.25) is 19.4 Å². The molecule has 0 bridgehead atoms. The molecule has 1 aromatic carbocycles. The van der Waals surface area contributed by atoms with Crippen molar-refractivity contribution in [2.24, 2.45) is 28.1 Å². The van der Waals surface area contributed by atoms with Gasteiger partial charge in [0.2, 0.25) is 17.7 Å². The minimum atomic E-state index is -1.22. The van der Waals surface area contributed by atoms with Crippen LogP contribution in [0.3, 0.4) is 0 Å². The van der Waals surface area contributed by atoms with Crippen molar-refractivity contribution in [2.75, 3.05) is 6.54 Å². The van der Waals surface area contributed by atoms with E-state index in [1.165, 1.54) is 6.92 Å². The quantitative estimate of drug-likeness (QED) is 0.0953. The number of nitrogens with two attached hydrogens (primary N) is 3. The van der Waals surface area contributed by atoms with Crippen LogP contribution in [-0.4, -0.2) is 65.5 Å². The Morgan fingerprint density at radius 3 is 2.03 bits per heavy atom. The minimum Gasteiger partial charge on any atom is -0.480 e. The Labute approximate surface area is 205 Å². The highest BCUT2D eigenvalue weighted by atomic mass is 16.4. The minimum absolute atomic E-state index is 0.0862. The van der Waals surface area contributed by atoms with Gasteiger partial charge >= 0.3 is 5.97 Å². The number of hydrogen-bond acceptors (Lipinski definition) is 6. The Bertz CT molecular complexity index is 886. The first-order chi connectivity index (χ1) is 16.4. The van der Waals surface area contributed by atoms with Crippen LogP contribution in [0.5, 0.6) is 0 Å². The number of hydrogen-bond donors (Lipinski definition) is 7. The van der Waals surface area contributed by atoms with E-state index in [1.54, 1.807) is 38.1 Å². The molecule has 0 aliphatic rings. The van der Waals surface area contributed by atoms with Gasteiger partial charge in [-0.05, 0) is 31.2 Å². The van der Waals surface area contributed by atoms with Gasteiger partial charge in [0.15, 0.2) is 5.96 Å². The second-order valence-electron chi connectivity index (χ2n) is 8.62. The van der Waals surface area contributed by atoms with Gasteiger partial charge in [-0.2, -0.15) is 0 Å². The summed E-state index contributed by atoms with van der Waals surface area (Å²) in [6, 6.07) is 4.92. The topological polar surface area (TPSA) is 215 Å². The fourth-order valence-electron chi connectivity index (χ4n) is 3.17. The number of carbonyl (C=O) groups excluding carboxylic acids is 3. The first-order valence-electron chi connectivity index (χ1n) is 11.4. The largest absolute Gasteiger partial charge is 0.480 e. The van der Waals surface area contributed by atoms with E-state index < -0.39 is 47.9 Å². The molecule has 0 aliphatic carbocycles. The highest BCUT2D eigenvalue weighted by Crippen LogP contribution is 2.08. The van der Waals surface area contributed by atoms with Crippen LogP contribution in [0.25, 0.3) is 0 Å². The molecule has 0 radical (unpaired) electrons. The maximum atomic E-state index is 13.1. The monoisotopic (exact) mass is 491 g/mol. The van der Waals surface area contributed by atoms with Gasteiger partial charge in [-0.15, -0.1) is 0 Å². The number of rotatable bonds is 14. The molecule has 0 spiro atoms. The second kappa shape index (κ2) is 14.6. The molecule has 0 saturated heterocycles. The van der Waals surface area contributed by atoms with Gasteiger partial charge in [0.05, 0.1) is 6.04 Å². The van der Waals surface area contributed by atoms with E-state index in [4.69, 9.17) is 17.2 Å². The molecule has 194 valence electrons. The summed E-state index contributed by atoms with van der Waals surface area (Å²) >= 11 is 0. The highest BCUT2D eigenvalue weighted by Gasteiger charge is 2.31. The van der Waals surface area contributed by atoms with Gasteiger partial charge in [0.1, 0.15) is 18.1 Å². The number of amides is 3. The molecule has 0 aromatic heterocycles. The fraction of sp³-hybridized carbons (Fsp3) is 0.522. The summed E-state index contributed by atoms with van der Waals surface area (Å²) in [6.45, 7) is 5.20. The maximum absolute atomic E-state index is 13.1. The average Bonchev–Trinajstić information content (AvgIpc) is 2.78. The zero-order chi connectivity index (χ0) is 26.5. The van der Waals surface area contributed by atoms with Crippen LogP contribution < -0.4 is 33.2 Å². The van der Waals surface area contributed by atoms with Crippen molar-refractivity contribution in [3.05, 3.63) is 35.9 Å². The number of nitrogens with one attached hydrogen (secondary N) is 3. The molecular formula is C23H37N7O5. The lowest BCUT2D eigenvalue weighted by Crippen LogP contribution is -2.58. The number of aliphatic carboxylic acids is 1. The predicted molar refractivity (Wildman–Crippen MR) is 132 cm³/mol. The lowest BCUT2D eigenvalue weighted by Gasteiger charge is -2.26. The second-order valence-corrected chi connectivity index (χ2v) is 8.62. The molecule has 4 unspecified atom stereocenters. The van der Waals surface area contributed by atoms with E-state index in [-0.39, 0.29) is 31.3 Å². The Kier molecular flexibility index (Phi) is 12.2. The van der Waals surface area contributed by atoms with E-state index in [0.29, 0.717) is 6.42 Å². The lowest BCUT2D eigenvalue weighted by molar-refractivity contribution is -0.142. The van der Waals surface area contributed by atoms with E-state index in [2.05, 4.69) is 20.9 Å². The van der Waals surface area contributed by atoms with E-state index in [1.807, 2.05) is 6.07 Å². The van der Waals surface area contributed by atoms with Crippen molar-refractivity contribution < 1.29 is 24.3 Å². The van der Waals surface area contributed by atoms with Crippen molar-refractivity contribution >= 4 is 29.7 Å². The molecule has 4 atom stereocenters. The summed E-state index contributed by atoms with van der Waals surface area (Å²) in [5, 5.41) is 17.3. The van der Waals surface area contributed by atoms with Crippen molar-refractivity contribution in [3.63, 3.8) is 0 Å². The standard InChI is InChI=1S/C23H37N7O5/c1-13(2)18(30-19(31)14(3)24)21(33)29-17(12-15-8-5-4-6-9-15)20(32)28-16(22(34)35)10-7-11-27-23(25)26/h4-6,8-9,13-14,16-18H,7,10-12,24H2,1-3H3,(H,28,32)(H,29,33)(H,30,31)(H,34,35)(H4,25,26,27). The smallest absolute Gasteiger partial charge is 0.326 e. The molecule has 12 heteroatoms. The summed E-state index contributed by atoms with van der Waals surface area (Å²) in [5.41, 5.74) is 16.9. The normalized spacial score (nSPS) is 14.2. The summed E-state index contributed by atoms with van der Waals surface area (Å²) in [6.07, 6.45) is 0.525. The van der Waals surface area contributed by atoms with Gasteiger partial charge in [0, 0.05) is 13.0 Å². The van der Waals surface area contributed by atoms with Crippen LogP contribution in [0.4, 0.5) is 0 Å². The predicted octanol–water partition coefficient (Wildman–Crippen LogP) is -1.18. The number of guanidine groups is 1. The molecule has 0 aliphatic heterocycles. The molecule has 1 aromatic rings. The van der Waals surface area contributed by atoms with E-state index in [0.717, 1.165) is 5.56 Å². The van der Waals surface area contributed by atoms with Crippen LogP contribution in [0.1, 0.15) is 39.2 Å². The van der Waals surface area contributed by atoms with Crippen LogP contribution >= 0.6 is 0 Å². The number of nitrogens with zero attached hydrogens (tertiary/aromatic N) is 1. The molecule has 10 N–H and O–H groups in total. The Morgan fingerprint density at radius 1 is 0.914 bits per heavy atom. The molecule has 0 fully saturated rings. The van der Waals surface area contributed by atoms with Crippen LogP contribution in [0, 0.1) is 5.92 Å². The number of carbonyl (C=O) groups is 4. The van der Waals surface area contributed by atoms with Gasteiger partial charge < -0.3 is 38.3 Å². The van der Waals surface area contributed by atoms with E-state index >= 15 is 0 Å². The van der Waals surface area contributed by atoms with Crippen molar-refractivity contribution in [1.29, 1.82) is 0 Å². The maximum Gasteiger partial charge on any atom is 0.326 e. The molecular weight excluding hydrogens is 454 g/mol. The van der Waals surface area contributed by atoms with Crippen LogP contribution in [-0.2, 0) is 25.6 Å². The Hall–Kier alpha value is -3.67. The number of carboxylic acid groups (broad SMARTS) is 1. The van der Waals surface area contributed by atoms with E-state index in [9.17, 15) is 24.3 Å². The third-order valence-electron chi connectivity index (χ3n) is 5.14. The van der Waals surface area contributed by atoms with Gasteiger partial charge in [-0.25, -0.2) is 4.79 Å². The molecule has 3 amide bonds. The molecule has 0 heterocycles. The van der Waals surface area contributed by atoms with Crippen LogP contribution in [0.15, 0.2) is 35.3 Å². The highest BCUT2D eigenvalue weighted by molar-refractivity contribution is 5.94. The average molecular weight is 492 g/mol. The third-order valence-corrected chi connectivity index (χ3v) is 5.14. The zero-order valence-corrected chi connectivity index (χ0v) is 20.4. The Balaban J connectivity index is 3.04. The number of aliphatic imine (C=N–C) groups is 1. The number of carboxylic acids is 1. The van der Waals surface area contributed by atoms with Crippen molar-refractivity contribution in [2.45, 2.75) is 64.2 Å². The molecule has 35 heavy (non-hydrogen) atoms. The molecule has 0 saturated carbocycles. The summed E-state index contributed by atoms with van der Waals surface area (Å²) in [4.78, 5) is 53.7. The van der Waals surface area contributed by atoms with Gasteiger partial charge in [0.25, 0.3) is 0 Å². The van der Waals surface area contributed by atoms with Gasteiger partial charge in [-0.1, -0.05) is 44.2 Å². The SMILES string of the molecule is CC(N)C(=O)NC(C(=O)NC(Cc1ccccc1)C(=O)NC(CCCN=C(N)N)C(=O)O)C(C)C. The first-order valence-corrected chi connectivity index (χ1v) is 11.4. The summed E-state index contributed by atoms with van der Waals surface area (Å²) in [5.74, 6) is -3.38. The molecule has 1 rings (SSSR count). The number of benzene rings is 1.